The van der Waals surface area contributed by atoms with Crippen LogP contribution in [-0.4, -0.2) is 34.8 Å². The van der Waals surface area contributed by atoms with Crippen LogP contribution in [-0.2, 0) is 15.0 Å². The molecule has 4 rings (SSSR count). The van der Waals surface area contributed by atoms with Crippen molar-refractivity contribution in [1.82, 2.24) is 4.90 Å². The minimum absolute atomic E-state index is 0.000795. The van der Waals surface area contributed by atoms with E-state index in [0.29, 0.717) is 11.3 Å². The van der Waals surface area contributed by atoms with Crippen LogP contribution in [0.25, 0.3) is 5.76 Å². The van der Waals surface area contributed by atoms with E-state index in [1.807, 2.05) is 49.4 Å². The SMILES string of the molecule is COc1ccc(C2/C(=C(\O)c3cc(C(C)(C)C)ccc3C)C(=O)C(=O)N2C2CCCC2)cc1. The van der Waals surface area contributed by atoms with Gasteiger partial charge in [0.25, 0.3) is 11.7 Å². The summed E-state index contributed by atoms with van der Waals surface area (Å²) in [4.78, 5) is 28.3. The molecule has 2 aromatic rings. The van der Waals surface area contributed by atoms with Gasteiger partial charge >= 0.3 is 0 Å². The van der Waals surface area contributed by atoms with Crippen molar-refractivity contribution in [3.8, 4) is 5.75 Å². The number of nitrogens with zero attached hydrogens (tertiary/aromatic N) is 1. The summed E-state index contributed by atoms with van der Waals surface area (Å²) in [5.74, 6) is -0.529. The van der Waals surface area contributed by atoms with Crippen LogP contribution in [0.1, 0.15) is 74.8 Å². The lowest BCUT2D eigenvalue weighted by molar-refractivity contribution is -0.141. The zero-order valence-electron chi connectivity index (χ0n) is 20.1. The molecule has 5 heteroatoms. The van der Waals surface area contributed by atoms with Gasteiger partial charge in [0.2, 0.25) is 0 Å². The molecule has 5 nitrogen and oxygen atoms in total. The molecule has 2 aliphatic rings. The van der Waals surface area contributed by atoms with Crippen LogP contribution >= 0.6 is 0 Å². The van der Waals surface area contributed by atoms with E-state index < -0.39 is 17.7 Å². The monoisotopic (exact) mass is 447 g/mol. The van der Waals surface area contributed by atoms with Crippen molar-refractivity contribution in [1.29, 1.82) is 0 Å². The first kappa shape index (κ1) is 23.1. The van der Waals surface area contributed by atoms with Crippen LogP contribution in [0.2, 0.25) is 0 Å². The van der Waals surface area contributed by atoms with Gasteiger partial charge in [0, 0.05) is 11.6 Å². The number of Topliss-reactive ketones (excluding diaryl/α,β-unsaturated/α-hetero) is 1. The van der Waals surface area contributed by atoms with Crippen LogP contribution in [0, 0.1) is 6.92 Å². The number of amides is 1. The quantitative estimate of drug-likeness (QED) is 0.373. The second-order valence-corrected chi connectivity index (χ2v) is 10.2. The maximum atomic E-state index is 13.4. The minimum atomic E-state index is -0.614. The minimum Gasteiger partial charge on any atom is -0.507 e. The van der Waals surface area contributed by atoms with E-state index >= 15 is 0 Å². The van der Waals surface area contributed by atoms with Gasteiger partial charge in [0.1, 0.15) is 11.5 Å². The number of hydrogen-bond donors (Lipinski definition) is 1. The van der Waals surface area contributed by atoms with Gasteiger partial charge in [-0.2, -0.15) is 0 Å². The molecule has 33 heavy (non-hydrogen) atoms. The predicted molar refractivity (Wildman–Crippen MR) is 129 cm³/mol. The van der Waals surface area contributed by atoms with Gasteiger partial charge in [0.05, 0.1) is 18.7 Å². The Morgan fingerprint density at radius 3 is 2.24 bits per heavy atom. The van der Waals surface area contributed by atoms with Gasteiger partial charge in [-0.15, -0.1) is 0 Å². The standard InChI is InChI=1S/C28H33NO4/c1-17-10-13-19(28(2,3)4)16-22(17)25(30)23-24(18-11-14-21(33-5)15-12-18)29(27(32)26(23)31)20-8-6-7-9-20/h10-16,20,24,30H,6-9H2,1-5H3/b25-23+. The summed E-state index contributed by atoms with van der Waals surface area (Å²) in [6.45, 7) is 8.24. The number of aliphatic hydroxyl groups is 1. The molecule has 0 bridgehead atoms. The highest BCUT2D eigenvalue weighted by atomic mass is 16.5. The fourth-order valence-electron chi connectivity index (χ4n) is 5.01. The third kappa shape index (κ3) is 4.17. The summed E-state index contributed by atoms with van der Waals surface area (Å²) >= 11 is 0. The van der Waals surface area contributed by atoms with E-state index in [4.69, 9.17) is 4.74 Å². The van der Waals surface area contributed by atoms with Crippen molar-refractivity contribution >= 4 is 17.4 Å². The maximum Gasteiger partial charge on any atom is 0.295 e. The molecule has 174 valence electrons. The fourth-order valence-corrected chi connectivity index (χ4v) is 5.01. The molecule has 1 aliphatic heterocycles. The third-order valence-corrected chi connectivity index (χ3v) is 6.99. The Kier molecular flexibility index (Phi) is 6.08. The highest BCUT2D eigenvalue weighted by Gasteiger charge is 2.49. The smallest absolute Gasteiger partial charge is 0.295 e. The Bertz CT molecular complexity index is 1100. The topological polar surface area (TPSA) is 66.8 Å². The number of benzene rings is 2. The first-order valence-electron chi connectivity index (χ1n) is 11.7. The molecule has 1 saturated carbocycles. The number of aryl methyl sites for hydroxylation is 1. The third-order valence-electron chi connectivity index (χ3n) is 6.99. The number of ketones is 1. The molecule has 0 spiro atoms. The summed E-state index contributed by atoms with van der Waals surface area (Å²) in [5, 5.41) is 11.5. The lowest BCUT2D eigenvalue weighted by Gasteiger charge is -2.31. The molecule has 2 fully saturated rings. The average molecular weight is 448 g/mol. The van der Waals surface area contributed by atoms with Crippen molar-refractivity contribution in [2.24, 2.45) is 0 Å². The van der Waals surface area contributed by atoms with Crippen molar-refractivity contribution < 1.29 is 19.4 Å². The van der Waals surface area contributed by atoms with E-state index in [1.54, 1.807) is 12.0 Å². The molecular formula is C28H33NO4. The zero-order valence-corrected chi connectivity index (χ0v) is 20.1. The van der Waals surface area contributed by atoms with Gasteiger partial charge < -0.3 is 14.7 Å². The van der Waals surface area contributed by atoms with Crippen LogP contribution < -0.4 is 4.74 Å². The summed E-state index contributed by atoms with van der Waals surface area (Å²) in [7, 11) is 1.60. The highest BCUT2D eigenvalue weighted by molar-refractivity contribution is 6.46. The Balaban J connectivity index is 1.91. The number of aliphatic hydroxyl groups excluding tert-OH is 1. The van der Waals surface area contributed by atoms with Crippen LogP contribution in [0.4, 0.5) is 0 Å². The first-order valence-corrected chi connectivity index (χ1v) is 11.7. The van der Waals surface area contributed by atoms with Gasteiger partial charge in [0.15, 0.2) is 0 Å². The van der Waals surface area contributed by atoms with Gasteiger partial charge in [-0.05, 0) is 60.1 Å². The van der Waals surface area contributed by atoms with Crippen molar-refractivity contribution in [3.05, 3.63) is 70.3 Å². The molecule has 0 aromatic heterocycles. The summed E-state index contributed by atoms with van der Waals surface area (Å²) in [5.41, 5.74) is 3.38. The number of likely N-dealkylation sites (tertiary alicyclic amines) is 1. The maximum absolute atomic E-state index is 13.4. The molecule has 1 saturated heterocycles. The van der Waals surface area contributed by atoms with Gasteiger partial charge in [-0.1, -0.05) is 57.9 Å². The van der Waals surface area contributed by atoms with E-state index in [1.165, 1.54) is 0 Å². The first-order chi connectivity index (χ1) is 15.6. The number of rotatable bonds is 4. The van der Waals surface area contributed by atoms with Gasteiger partial charge in [-0.25, -0.2) is 0 Å². The molecule has 1 N–H and O–H groups in total. The van der Waals surface area contributed by atoms with Crippen molar-refractivity contribution in [2.45, 2.75) is 70.9 Å². The van der Waals surface area contributed by atoms with Crippen LogP contribution in [0.5, 0.6) is 5.75 Å². The predicted octanol–water partition coefficient (Wildman–Crippen LogP) is 5.67. The molecule has 2 aromatic carbocycles. The second kappa shape index (κ2) is 8.69. The largest absolute Gasteiger partial charge is 0.507 e. The summed E-state index contributed by atoms with van der Waals surface area (Å²) < 4.78 is 5.30. The average Bonchev–Trinajstić information content (AvgIpc) is 3.40. The van der Waals surface area contributed by atoms with E-state index in [-0.39, 0.29) is 22.8 Å². The molecule has 0 radical (unpaired) electrons. The molecule has 1 aliphatic carbocycles. The lowest BCUT2D eigenvalue weighted by atomic mass is 9.84. The Morgan fingerprint density at radius 2 is 1.67 bits per heavy atom. The van der Waals surface area contributed by atoms with Crippen molar-refractivity contribution in [3.63, 3.8) is 0 Å². The Hall–Kier alpha value is -3.08. The zero-order chi connectivity index (χ0) is 23.9. The molecule has 1 unspecified atom stereocenters. The van der Waals surface area contributed by atoms with Crippen molar-refractivity contribution in [2.75, 3.05) is 7.11 Å². The number of hydrogen-bond acceptors (Lipinski definition) is 4. The van der Waals surface area contributed by atoms with Gasteiger partial charge in [-0.3, -0.25) is 9.59 Å². The molecular weight excluding hydrogens is 414 g/mol. The molecule has 1 amide bonds. The number of ether oxygens (including phenoxy) is 1. The highest BCUT2D eigenvalue weighted by Crippen LogP contribution is 2.44. The number of carbonyl (C=O) groups excluding carboxylic acids is 2. The van der Waals surface area contributed by atoms with Crippen LogP contribution in [0.15, 0.2) is 48.0 Å². The fraction of sp³-hybridized carbons (Fsp3) is 0.429. The Morgan fingerprint density at radius 1 is 1.03 bits per heavy atom. The van der Waals surface area contributed by atoms with Crippen LogP contribution in [0.3, 0.4) is 0 Å². The second-order valence-electron chi connectivity index (χ2n) is 10.2. The summed E-state index contributed by atoms with van der Waals surface area (Å²) in [6, 6.07) is 12.8. The van der Waals surface area contributed by atoms with E-state index in [2.05, 4.69) is 20.8 Å². The Labute approximate surface area is 196 Å². The number of carbonyl (C=O) groups is 2. The van der Waals surface area contributed by atoms with E-state index in [0.717, 1.165) is 42.4 Å². The molecule has 1 heterocycles. The normalized spacial score (nSPS) is 21.1. The van der Waals surface area contributed by atoms with E-state index in [9.17, 15) is 14.7 Å². The lowest BCUT2D eigenvalue weighted by Crippen LogP contribution is -2.37. The number of methoxy groups -OCH3 is 1. The molecule has 1 atom stereocenters. The summed E-state index contributed by atoms with van der Waals surface area (Å²) in [6.07, 6.45) is 3.82.